The van der Waals surface area contributed by atoms with E-state index in [0.717, 1.165) is 55.5 Å². The minimum absolute atomic E-state index is 0.107. The first-order valence-corrected chi connectivity index (χ1v) is 10.9. The van der Waals surface area contributed by atoms with Gasteiger partial charge in [-0.15, -0.1) is 0 Å². The van der Waals surface area contributed by atoms with Crippen molar-refractivity contribution >= 4 is 11.8 Å². The zero-order valence-electron chi connectivity index (χ0n) is 16.8. The van der Waals surface area contributed by atoms with Crippen LogP contribution < -0.4 is 0 Å². The summed E-state index contributed by atoms with van der Waals surface area (Å²) < 4.78 is 0. The van der Waals surface area contributed by atoms with Gasteiger partial charge in [0.15, 0.2) is 0 Å². The molecule has 4 heteroatoms. The SMILES string of the molecule is O=C(C1CCC1)N1C[C@@H]2CC[C@H](C1)N(C(=O)c1cccc(-c3ccccc3)c1)C2. The van der Waals surface area contributed by atoms with Crippen LogP contribution in [0.5, 0.6) is 0 Å². The first-order chi connectivity index (χ1) is 14.2. The lowest BCUT2D eigenvalue weighted by molar-refractivity contribution is -0.138. The molecule has 3 saturated heterocycles. The van der Waals surface area contributed by atoms with Gasteiger partial charge < -0.3 is 9.80 Å². The van der Waals surface area contributed by atoms with Crippen molar-refractivity contribution in [1.29, 1.82) is 0 Å². The fourth-order valence-electron chi connectivity index (χ4n) is 5.05. The van der Waals surface area contributed by atoms with Crippen molar-refractivity contribution in [2.24, 2.45) is 11.8 Å². The predicted octanol–water partition coefficient (Wildman–Crippen LogP) is 4.22. The summed E-state index contributed by atoms with van der Waals surface area (Å²) in [7, 11) is 0. The molecule has 0 unspecified atom stereocenters. The monoisotopic (exact) mass is 388 g/mol. The van der Waals surface area contributed by atoms with Gasteiger partial charge >= 0.3 is 0 Å². The van der Waals surface area contributed by atoms with Gasteiger partial charge in [-0.3, -0.25) is 9.59 Å². The van der Waals surface area contributed by atoms with Crippen molar-refractivity contribution in [2.75, 3.05) is 19.6 Å². The molecule has 2 atom stereocenters. The van der Waals surface area contributed by atoms with Gasteiger partial charge in [-0.05, 0) is 54.9 Å². The first-order valence-electron chi connectivity index (χ1n) is 10.9. The number of nitrogens with zero attached hydrogens (tertiary/aromatic N) is 2. The number of amides is 2. The zero-order valence-corrected chi connectivity index (χ0v) is 16.8. The molecule has 0 spiro atoms. The van der Waals surface area contributed by atoms with E-state index in [2.05, 4.69) is 23.1 Å². The second-order valence-electron chi connectivity index (χ2n) is 8.87. The average molecular weight is 389 g/mol. The fourth-order valence-corrected chi connectivity index (χ4v) is 5.05. The Kier molecular flexibility index (Phi) is 4.86. The van der Waals surface area contributed by atoms with E-state index in [4.69, 9.17) is 0 Å². The maximum atomic E-state index is 13.4. The van der Waals surface area contributed by atoms with E-state index in [9.17, 15) is 9.59 Å². The van der Waals surface area contributed by atoms with Crippen LogP contribution in [0.1, 0.15) is 42.5 Å². The van der Waals surface area contributed by atoms with Gasteiger partial charge in [0.05, 0.1) is 0 Å². The molecule has 2 amide bonds. The van der Waals surface area contributed by atoms with Crippen LogP contribution >= 0.6 is 0 Å². The highest BCUT2D eigenvalue weighted by Gasteiger charge is 2.40. The number of hydrogen-bond acceptors (Lipinski definition) is 2. The van der Waals surface area contributed by atoms with E-state index >= 15 is 0 Å². The van der Waals surface area contributed by atoms with Gasteiger partial charge in [-0.1, -0.05) is 48.9 Å². The molecule has 0 aromatic heterocycles. The van der Waals surface area contributed by atoms with Crippen molar-refractivity contribution < 1.29 is 9.59 Å². The lowest BCUT2D eigenvalue weighted by Gasteiger charge is -2.36. The molecule has 2 aromatic carbocycles. The van der Waals surface area contributed by atoms with Crippen LogP contribution in [0.2, 0.25) is 0 Å². The standard InChI is InChI=1S/C25H28N2O2/c28-24(20-8-4-9-20)26-15-18-12-13-23(17-26)27(16-18)25(29)22-11-5-10-21(14-22)19-6-2-1-3-7-19/h1-3,5-7,10-11,14,18,20,23H,4,8-9,12-13,15-17H2/t18-,23+/m0/s1. The molecule has 4 nitrogen and oxygen atoms in total. The molecule has 1 saturated carbocycles. The molecule has 29 heavy (non-hydrogen) atoms. The van der Waals surface area contributed by atoms with Crippen molar-refractivity contribution in [3.63, 3.8) is 0 Å². The smallest absolute Gasteiger partial charge is 0.254 e. The summed E-state index contributed by atoms with van der Waals surface area (Å²) >= 11 is 0. The number of fused-ring (bicyclic) bond motifs is 4. The molecule has 2 aromatic rings. The highest BCUT2D eigenvalue weighted by molar-refractivity contribution is 5.96. The van der Waals surface area contributed by atoms with Crippen LogP contribution in [0, 0.1) is 11.8 Å². The summed E-state index contributed by atoms with van der Waals surface area (Å²) in [6, 6.07) is 18.3. The number of rotatable bonds is 3. The Bertz CT molecular complexity index is 906. The van der Waals surface area contributed by atoms with Crippen LogP contribution in [-0.2, 0) is 4.79 Å². The number of carbonyl (C=O) groups excluding carboxylic acids is 2. The van der Waals surface area contributed by atoms with Crippen molar-refractivity contribution in [3.8, 4) is 11.1 Å². The van der Waals surface area contributed by atoms with Crippen LogP contribution in [0.15, 0.2) is 54.6 Å². The average Bonchev–Trinajstić information content (AvgIpc) is 3.05. The maximum absolute atomic E-state index is 13.4. The zero-order chi connectivity index (χ0) is 19.8. The third-order valence-electron chi connectivity index (χ3n) is 6.96. The van der Waals surface area contributed by atoms with Crippen molar-refractivity contribution in [1.82, 2.24) is 9.80 Å². The van der Waals surface area contributed by atoms with Gasteiger partial charge in [0.2, 0.25) is 5.91 Å². The molecule has 6 rings (SSSR count). The summed E-state index contributed by atoms with van der Waals surface area (Å²) in [4.78, 5) is 30.4. The fraction of sp³-hybridized carbons (Fsp3) is 0.440. The van der Waals surface area contributed by atoms with Crippen LogP contribution in [0.4, 0.5) is 0 Å². The summed E-state index contributed by atoms with van der Waals surface area (Å²) in [5.41, 5.74) is 2.94. The van der Waals surface area contributed by atoms with Crippen LogP contribution in [-0.4, -0.2) is 47.3 Å². The van der Waals surface area contributed by atoms with Gasteiger partial charge in [0.1, 0.15) is 0 Å². The normalized spacial score (nSPS) is 24.1. The minimum atomic E-state index is 0.107. The number of hydrogen-bond donors (Lipinski definition) is 0. The quantitative estimate of drug-likeness (QED) is 0.790. The summed E-state index contributed by atoms with van der Waals surface area (Å²) in [5.74, 6) is 1.07. The van der Waals surface area contributed by atoms with Gasteiger partial charge in [0.25, 0.3) is 5.91 Å². The topological polar surface area (TPSA) is 40.6 Å². The lowest BCUT2D eigenvalue weighted by Crippen LogP contribution is -2.48. The molecule has 1 aliphatic carbocycles. The second kappa shape index (κ2) is 7.66. The maximum Gasteiger partial charge on any atom is 0.254 e. The Morgan fingerprint density at radius 3 is 2.34 bits per heavy atom. The second-order valence-corrected chi connectivity index (χ2v) is 8.87. The summed E-state index contributed by atoms with van der Waals surface area (Å²) in [6.07, 6.45) is 5.38. The molecule has 2 bridgehead atoms. The largest absolute Gasteiger partial charge is 0.340 e. The van der Waals surface area contributed by atoms with Crippen LogP contribution in [0.25, 0.3) is 11.1 Å². The van der Waals surface area contributed by atoms with E-state index in [0.29, 0.717) is 18.4 Å². The molecule has 3 heterocycles. The van der Waals surface area contributed by atoms with Crippen LogP contribution in [0.3, 0.4) is 0 Å². The molecule has 150 valence electrons. The van der Waals surface area contributed by atoms with Crippen molar-refractivity contribution in [3.05, 3.63) is 60.2 Å². The van der Waals surface area contributed by atoms with E-state index in [-0.39, 0.29) is 17.9 Å². The third kappa shape index (κ3) is 3.57. The number of benzene rings is 2. The van der Waals surface area contributed by atoms with E-state index in [1.165, 1.54) is 6.42 Å². The molecule has 0 N–H and O–H groups in total. The third-order valence-corrected chi connectivity index (χ3v) is 6.96. The Morgan fingerprint density at radius 1 is 0.793 bits per heavy atom. The molecule has 4 aliphatic rings. The molecule has 3 aliphatic heterocycles. The predicted molar refractivity (Wildman–Crippen MR) is 113 cm³/mol. The molecular formula is C25H28N2O2. The van der Waals surface area contributed by atoms with Crippen molar-refractivity contribution in [2.45, 2.75) is 38.1 Å². The number of carbonyl (C=O) groups is 2. The Hall–Kier alpha value is -2.62. The van der Waals surface area contributed by atoms with Gasteiger partial charge in [-0.2, -0.15) is 0 Å². The van der Waals surface area contributed by atoms with Gasteiger partial charge in [0, 0.05) is 37.2 Å². The van der Waals surface area contributed by atoms with E-state index < -0.39 is 0 Å². The van der Waals surface area contributed by atoms with Gasteiger partial charge in [-0.25, -0.2) is 0 Å². The first kappa shape index (κ1) is 18.4. The van der Waals surface area contributed by atoms with E-state index in [1.807, 2.05) is 41.3 Å². The minimum Gasteiger partial charge on any atom is -0.340 e. The Labute approximate surface area is 172 Å². The Balaban J connectivity index is 1.36. The highest BCUT2D eigenvalue weighted by Crippen LogP contribution is 2.34. The van der Waals surface area contributed by atoms with E-state index in [1.54, 1.807) is 0 Å². The molecule has 0 radical (unpaired) electrons. The molecular weight excluding hydrogens is 360 g/mol. The molecule has 4 fully saturated rings. The highest BCUT2D eigenvalue weighted by atomic mass is 16.2. The Morgan fingerprint density at radius 2 is 1.59 bits per heavy atom. The number of piperidine rings is 1. The lowest BCUT2D eigenvalue weighted by atomic mass is 9.84. The summed E-state index contributed by atoms with van der Waals surface area (Å²) in [5, 5.41) is 0. The summed E-state index contributed by atoms with van der Waals surface area (Å²) in [6.45, 7) is 2.29.